The lowest BCUT2D eigenvalue weighted by molar-refractivity contribution is -0.155. The maximum atomic E-state index is 13.4. The number of amides is 1. The van der Waals surface area contributed by atoms with Crippen LogP contribution < -0.4 is 5.32 Å². The molecule has 3 N–H and O–H groups in total. The van der Waals surface area contributed by atoms with Gasteiger partial charge in [0, 0.05) is 46.0 Å². The van der Waals surface area contributed by atoms with Crippen LogP contribution >= 0.6 is 11.6 Å². The fourth-order valence-corrected chi connectivity index (χ4v) is 7.40. The van der Waals surface area contributed by atoms with Gasteiger partial charge in [-0.2, -0.15) is 0 Å². The number of esters is 2. The molecule has 8 rings (SSSR count). The van der Waals surface area contributed by atoms with E-state index in [2.05, 4.69) is 51.2 Å². The Bertz CT molecular complexity index is 2300. The zero-order valence-electron chi connectivity index (χ0n) is 30.1. The predicted octanol–water partition coefficient (Wildman–Crippen LogP) is 6.82. The molecule has 4 heterocycles. The third-order valence-corrected chi connectivity index (χ3v) is 9.86. The summed E-state index contributed by atoms with van der Waals surface area (Å²) in [6.07, 6.45) is 0.913. The molecular weight excluding hydrogens is 730 g/mol. The van der Waals surface area contributed by atoms with Crippen LogP contribution in [0.25, 0.3) is 21.8 Å². The number of ether oxygens (including phenoxy) is 2. The van der Waals surface area contributed by atoms with E-state index in [1.54, 1.807) is 0 Å². The maximum absolute atomic E-state index is 13.4. The summed E-state index contributed by atoms with van der Waals surface area (Å²) in [6, 6.07) is 33.7. The van der Waals surface area contributed by atoms with Crippen molar-refractivity contribution in [3.63, 3.8) is 0 Å². The molecule has 55 heavy (non-hydrogen) atoms. The normalized spacial score (nSPS) is 18.5. The van der Waals surface area contributed by atoms with E-state index >= 15 is 0 Å². The summed E-state index contributed by atoms with van der Waals surface area (Å²) in [5.41, 5.74) is 8.06. The van der Waals surface area contributed by atoms with Gasteiger partial charge in [-0.25, -0.2) is 13.6 Å². The monoisotopic (exact) mass is 768 g/mol. The van der Waals surface area contributed by atoms with Crippen LogP contribution in [0.3, 0.4) is 0 Å². The Hall–Kier alpha value is -5.85. The molecule has 284 valence electrons. The maximum Gasteiger partial charge on any atom is 0.328 e. The highest BCUT2D eigenvalue weighted by molar-refractivity contribution is 6.63. The van der Waals surface area contributed by atoms with Crippen molar-refractivity contribution in [1.82, 2.24) is 20.2 Å². The molecule has 0 spiro atoms. The molecule has 10 nitrogen and oxygen atoms in total. The highest BCUT2D eigenvalue weighted by Crippen LogP contribution is 2.41. The predicted molar refractivity (Wildman–Crippen MR) is 205 cm³/mol. The standard InChI is InChI=1S/C21H19FN2O3.C19H18N2O2.C2H2ClFO/c1-27-21(26)17-11-15-14-9-5-6-10-16(14)23-19(15)20(24(17)18(25)12-22)13-7-3-2-4-8-13;1-23-19(22)16-11-14-13-9-5-6-10-15(13)20-18(14)17(21-16)12-7-3-2-4-8-12;3-2(5)1-4/h2-10,17,20,23H,11-12H2,1H3;2-10,16-17,20-21H,11H2,1H3;1H2. The molecule has 13 heteroatoms. The molecule has 2 aliphatic heterocycles. The Morgan fingerprint density at radius 3 is 1.69 bits per heavy atom. The fourth-order valence-electron chi connectivity index (χ4n) is 7.40. The van der Waals surface area contributed by atoms with Crippen LogP contribution in [0.2, 0.25) is 0 Å². The van der Waals surface area contributed by atoms with Gasteiger partial charge >= 0.3 is 11.9 Å². The number of methoxy groups -OCH3 is 2. The smallest absolute Gasteiger partial charge is 0.328 e. The van der Waals surface area contributed by atoms with Gasteiger partial charge in [-0.05, 0) is 46.0 Å². The number of H-pyrrole nitrogens is 2. The van der Waals surface area contributed by atoms with Gasteiger partial charge in [0.25, 0.3) is 11.1 Å². The van der Waals surface area contributed by atoms with Crippen molar-refractivity contribution in [3.8, 4) is 0 Å². The van der Waals surface area contributed by atoms with Crippen molar-refractivity contribution < 1.29 is 37.4 Å². The minimum Gasteiger partial charge on any atom is -0.468 e. The summed E-state index contributed by atoms with van der Waals surface area (Å²) in [5.74, 6) is -1.50. The van der Waals surface area contributed by atoms with Crippen molar-refractivity contribution in [2.75, 3.05) is 27.6 Å². The first-order valence-electron chi connectivity index (χ1n) is 17.5. The third-order valence-electron chi connectivity index (χ3n) is 9.76. The topological polar surface area (TPSA) is 134 Å². The number of para-hydroxylation sites is 2. The number of hydrogen-bond acceptors (Lipinski definition) is 7. The Balaban J connectivity index is 0.000000168. The molecule has 0 saturated heterocycles. The lowest BCUT2D eigenvalue weighted by Gasteiger charge is -2.40. The van der Waals surface area contributed by atoms with Crippen LogP contribution in [0, 0.1) is 0 Å². The second-order valence-electron chi connectivity index (χ2n) is 12.9. The highest BCUT2D eigenvalue weighted by atomic mass is 35.5. The Kier molecular flexibility index (Phi) is 12.4. The van der Waals surface area contributed by atoms with Crippen LogP contribution in [0.4, 0.5) is 8.78 Å². The Morgan fingerprint density at radius 2 is 1.16 bits per heavy atom. The van der Waals surface area contributed by atoms with E-state index in [0.717, 1.165) is 44.5 Å². The van der Waals surface area contributed by atoms with Crippen LogP contribution in [0.1, 0.15) is 45.7 Å². The largest absolute Gasteiger partial charge is 0.468 e. The molecule has 4 aromatic carbocycles. The number of benzene rings is 4. The highest BCUT2D eigenvalue weighted by Gasteiger charge is 2.44. The number of nitrogens with one attached hydrogen (secondary N) is 3. The molecule has 6 aromatic rings. The summed E-state index contributed by atoms with van der Waals surface area (Å²) in [5, 5.41) is 4.67. The number of halogens is 3. The first-order valence-corrected chi connectivity index (χ1v) is 17.9. The van der Waals surface area contributed by atoms with Gasteiger partial charge in [0.2, 0.25) is 0 Å². The molecule has 2 aliphatic rings. The fraction of sp³-hybridized carbons (Fsp3) is 0.238. The van der Waals surface area contributed by atoms with E-state index in [0.29, 0.717) is 6.42 Å². The molecule has 0 radical (unpaired) electrons. The van der Waals surface area contributed by atoms with E-state index in [1.165, 1.54) is 30.1 Å². The number of nitrogens with zero attached hydrogens (tertiary/aromatic N) is 1. The van der Waals surface area contributed by atoms with Crippen LogP contribution in [-0.4, -0.2) is 77.6 Å². The van der Waals surface area contributed by atoms with Gasteiger partial charge < -0.3 is 24.3 Å². The summed E-state index contributed by atoms with van der Waals surface area (Å²) < 4.78 is 34.0. The van der Waals surface area contributed by atoms with Gasteiger partial charge in [-0.3, -0.25) is 19.7 Å². The number of carbonyl (C=O) groups excluding carboxylic acids is 4. The van der Waals surface area contributed by atoms with Crippen molar-refractivity contribution in [2.24, 2.45) is 0 Å². The van der Waals surface area contributed by atoms with Crippen LogP contribution in [-0.2, 0) is 41.5 Å². The van der Waals surface area contributed by atoms with Crippen LogP contribution in [0.15, 0.2) is 109 Å². The average Bonchev–Trinajstić information content (AvgIpc) is 3.81. The summed E-state index contributed by atoms with van der Waals surface area (Å²) in [7, 11) is 2.72. The van der Waals surface area contributed by atoms with Gasteiger partial charge in [0.15, 0.2) is 13.3 Å². The summed E-state index contributed by atoms with van der Waals surface area (Å²) >= 11 is 4.45. The number of hydrogen-bond donors (Lipinski definition) is 3. The Labute approximate surface area is 320 Å². The number of aromatic nitrogens is 2. The van der Waals surface area contributed by atoms with E-state index in [9.17, 15) is 28.0 Å². The first-order chi connectivity index (χ1) is 26.7. The molecule has 4 unspecified atom stereocenters. The minimum atomic E-state index is -1.17. The van der Waals surface area contributed by atoms with Gasteiger partial charge in [-0.1, -0.05) is 97.1 Å². The summed E-state index contributed by atoms with van der Waals surface area (Å²) in [4.78, 5) is 54.6. The molecule has 0 saturated carbocycles. The van der Waals surface area contributed by atoms with E-state index in [1.807, 2.05) is 84.9 Å². The molecule has 1 amide bonds. The first kappa shape index (κ1) is 38.9. The number of rotatable bonds is 6. The zero-order valence-corrected chi connectivity index (χ0v) is 30.8. The third kappa shape index (κ3) is 8.15. The SMILES string of the molecule is COC(=O)C1Cc2c([nH]c3ccccc23)C(c2ccccc2)N1.COC(=O)C1Cc2c([nH]c3ccccc23)C(c2ccccc2)N1C(=O)CF.O=C(Cl)CF. The average molecular weight is 769 g/mol. The van der Waals surface area contributed by atoms with Gasteiger partial charge in [-0.15, -0.1) is 0 Å². The van der Waals surface area contributed by atoms with Crippen molar-refractivity contribution in [2.45, 2.75) is 37.0 Å². The summed E-state index contributed by atoms with van der Waals surface area (Å²) in [6.45, 7) is -2.24. The van der Waals surface area contributed by atoms with Gasteiger partial charge in [0.1, 0.15) is 12.1 Å². The quantitative estimate of drug-likeness (QED) is 0.125. The lowest BCUT2D eigenvalue weighted by atomic mass is 9.88. The molecule has 0 aliphatic carbocycles. The van der Waals surface area contributed by atoms with Crippen LogP contribution in [0.5, 0.6) is 0 Å². The molecule has 2 aromatic heterocycles. The van der Waals surface area contributed by atoms with Crippen molar-refractivity contribution in [3.05, 3.63) is 143 Å². The van der Waals surface area contributed by atoms with Crippen molar-refractivity contribution >= 4 is 56.5 Å². The molecular formula is C42H39ClF2N4O6. The molecule has 0 fully saturated rings. The molecule has 0 bridgehead atoms. The minimum absolute atomic E-state index is 0.0450. The second-order valence-corrected chi connectivity index (χ2v) is 13.3. The number of alkyl halides is 2. The second kappa shape index (κ2) is 17.5. The lowest BCUT2D eigenvalue weighted by Crippen LogP contribution is -2.52. The number of fused-ring (bicyclic) bond motifs is 6. The molecule has 4 atom stereocenters. The van der Waals surface area contributed by atoms with Crippen molar-refractivity contribution in [1.29, 1.82) is 0 Å². The van der Waals surface area contributed by atoms with E-state index in [-0.39, 0.29) is 24.5 Å². The van der Waals surface area contributed by atoms with Gasteiger partial charge in [0.05, 0.1) is 26.3 Å². The number of carbonyl (C=O) groups is 4. The Morgan fingerprint density at radius 1 is 0.673 bits per heavy atom. The number of aromatic amines is 2. The van der Waals surface area contributed by atoms with E-state index < -0.39 is 42.6 Å². The zero-order chi connectivity index (χ0) is 39.1. The van der Waals surface area contributed by atoms with E-state index in [4.69, 9.17) is 9.47 Å².